The predicted molar refractivity (Wildman–Crippen MR) is 121 cm³/mol. The molecule has 0 aromatic carbocycles. The van der Waals surface area contributed by atoms with E-state index in [1.165, 1.54) is 89.9 Å². The van der Waals surface area contributed by atoms with Crippen molar-refractivity contribution in [3.05, 3.63) is 0 Å². The van der Waals surface area contributed by atoms with Gasteiger partial charge >= 0.3 is 8.80 Å². The summed E-state index contributed by atoms with van der Waals surface area (Å²) in [7, 11) is 2.75. The Balaban J connectivity index is 1.69. The number of ether oxygens (including phenoxy) is 2. The van der Waals surface area contributed by atoms with E-state index in [1.807, 2.05) is 0 Å². The molecule has 1 aliphatic rings. The zero-order valence-corrected chi connectivity index (χ0v) is 20.6. The van der Waals surface area contributed by atoms with Crippen LogP contribution in [0, 0.1) is 0 Å². The maximum absolute atomic E-state index is 5.57. The fourth-order valence-corrected chi connectivity index (χ4v) is 5.57. The molecule has 1 heterocycles. The first-order chi connectivity index (χ1) is 14.3. The van der Waals surface area contributed by atoms with E-state index in [-0.39, 0.29) is 0 Å². The highest BCUT2D eigenvalue weighted by Crippen LogP contribution is 2.19. The number of unbranched alkanes of at least 4 members (excludes halogenated alkanes) is 14. The Morgan fingerprint density at radius 1 is 0.621 bits per heavy atom. The lowest BCUT2D eigenvalue weighted by molar-refractivity contribution is 0.113. The van der Waals surface area contributed by atoms with Crippen LogP contribution < -0.4 is 0 Å². The van der Waals surface area contributed by atoms with E-state index in [9.17, 15) is 0 Å². The van der Waals surface area contributed by atoms with Crippen molar-refractivity contribution in [1.82, 2.24) is 0 Å². The summed E-state index contributed by atoms with van der Waals surface area (Å²) < 4.78 is 27.1. The summed E-state index contributed by atoms with van der Waals surface area (Å²) in [6.45, 7) is 2.62. The van der Waals surface area contributed by atoms with E-state index in [4.69, 9.17) is 22.8 Å². The van der Waals surface area contributed by atoms with Gasteiger partial charge in [0.2, 0.25) is 0 Å². The number of epoxide rings is 1. The second-order valence-corrected chi connectivity index (χ2v) is 11.5. The third kappa shape index (κ3) is 15.5. The van der Waals surface area contributed by atoms with Gasteiger partial charge in [0.1, 0.15) is 6.10 Å². The summed E-state index contributed by atoms with van der Waals surface area (Å²) >= 11 is 0. The molecule has 0 amide bonds. The summed E-state index contributed by atoms with van der Waals surface area (Å²) in [4.78, 5) is 0. The van der Waals surface area contributed by atoms with Crippen LogP contribution in [-0.4, -0.2) is 56.1 Å². The highest BCUT2D eigenvalue weighted by Gasteiger charge is 2.36. The Morgan fingerprint density at radius 2 is 1.00 bits per heavy atom. The van der Waals surface area contributed by atoms with Crippen LogP contribution in [-0.2, 0) is 22.8 Å². The average molecular weight is 433 g/mol. The van der Waals surface area contributed by atoms with Crippen LogP contribution in [0.4, 0.5) is 0 Å². The first-order valence-electron chi connectivity index (χ1n) is 12.1. The summed E-state index contributed by atoms with van der Waals surface area (Å²) in [5.41, 5.74) is 0. The van der Waals surface area contributed by atoms with E-state index in [1.54, 1.807) is 21.3 Å². The lowest BCUT2D eigenvalue weighted by Crippen LogP contribution is -2.42. The molecule has 0 spiro atoms. The van der Waals surface area contributed by atoms with Gasteiger partial charge in [0.15, 0.2) is 0 Å². The fourth-order valence-electron chi connectivity index (χ4n) is 3.78. The van der Waals surface area contributed by atoms with Gasteiger partial charge in [-0.2, -0.15) is 0 Å². The van der Waals surface area contributed by atoms with Gasteiger partial charge < -0.3 is 22.8 Å². The first-order valence-corrected chi connectivity index (χ1v) is 14.0. The van der Waals surface area contributed by atoms with Crippen LogP contribution in [0.2, 0.25) is 6.04 Å². The Hall–Kier alpha value is 0.0169. The Kier molecular flexibility index (Phi) is 17.5. The van der Waals surface area contributed by atoms with Gasteiger partial charge in [-0.3, -0.25) is 0 Å². The van der Waals surface area contributed by atoms with Crippen molar-refractivity contribution < 1.29 is 22.8 Å². The van der Waals surface area contributed by atoms with Gasteiger partial charge in [-0.1, -0.05) is 83.5 Å². The summed E-state index contributed by atoms with van der Waals surface area (Å²) in [6.07, 6.45) is 20.6. The fraction of sp³-hybridized carbons (Fsp3) is 1.00. The molecule has 1 rings (SSSR count). The van der Waals surface area contributed by atoms with E-state index < -0.39 is 8.80 Å². The summed E-state index contributed by atoms with van der Waals surface area (Å²) in [5, 5.41) is 0. The molecule has 174 valence electrons. The zero-order valence-electron chi connectivity index (χ0n) is 19.6. The van der Waals surface area contributed by atoms with Crippen molar-refractivity contribution in [1.29, 1.82) is 0 Å². The predicted octanol–water partition coefficient (Wildman–Crippen LogP) is 6.13. The molecular weight excluding hydrogens is 384 g/mol. The third-order valence-corrected chi connectivity index (χ3v) is 8.74. The van der Waals surface area contributed by atoms with Crippen molar-refractivity contribution >= 4 is 8.80 Å². The molecule has 0 radical (unpaired) electrons. The maximum Gasteiger partial charge on any atom is 0.500 e. The number of hydrogen-bond donors (Lipinski definition) is 0. The van der Waals surface area contributed by atoms with Crippen molar-refractivity contribution in [3.8, 4) is 0 Å². The molecule has 29 heavy (non-hydrogen) atoms. The van der Waals surface area contributed by atoms with Gasteiger partial charge in [-0.25, -0.2) is 0 Å². The smallest absolute Gasteiger partial charge is 0.379 e. The van der Waals surface area contributed by atoms with Gasteiger partial charge in [0.05, 0.1) is 13.2 Å². The van der Waals surface area contributed by atoms with E-state index >= 15 is 0 Å². The zero-order chi connectivity index (χ0) is 21.0. The molecule has 0 bridgehead atoms. The molecule has 0 saturated carbocycles. The molecule has 0 N–H and O–H groups in total. The second kappa shape index (κ2) is 18.8. The van der Waals surface area contributed by atoms with E-state index in [0.29, 0.717) is 6.10 Å². The highest BCUT2D eigenvalue weighted by molar-refractivity contribution is 6.60. The summed E-state index contributed by atoms with van der Waals surface area (Å²) in [6, 6.07) is 0.931. The second-order valence-electron chi connectivity index (χ2n) is 8.38. The van der Waals surface area contributed by atoms with Gasteiger partial charge in [0, 0.05) is 34.0 Å². The van der Waals surface area contributed by atoms with Crippen LogP contribution in [0.5, 0.6) is 0 Å². The topological polar surface area (TPSA) is 49.5 Å². The van der Waals surface area contributed by atoms with Crippen molar-refractivity contribution in [2.75, 3.05) is 41.2 Å². The molecule has 0 aliphatic carbocycles. The van der Waals surface area contributed by atoms with Gasteiger partial charge in [-0.05, 0) is 12.8 Å². The van der Waals surface area contributed by atoms with E-state index in [0.717, 1.165) is 32.3 Å². The SMILES string of the molecule is CO[Si](CCCCCCCCCCCCCCCCCOCC1CO1)(OC)OC. The number of rotatable bonds is 23. The molecule has 1 unspecified atom stereocenters. The molecule has 6 heteroatoms. The molecule has 1 atom stereocenters. The minimum atomic E-state index is -2.34. The Bertz CT molecular complexity index is 340. The molecule has 0 aromatic heterocycles. The van der Waals surface area contributed by atoms with Crippen LogP contribution >= 0.6 is 0 Å². The van der Waals surface area contributed by atoms with Crippen LogP contribution in [0.3, 0.4) is 0 Å². The number of hydrogen-bond acceptors (Lipinski definition) is 5. The molecule has 1 saturated heterocycles. The lowest BCUT2D eigenvalue weighted by atomic mass is 10.0. The molecule has 0 aromatic rings. The first kappa shape index (κ1) is 27.1. The van der Waals surface area contributed by atoms with Crippen molar-refractivity contribution in [2.24, 2.45) is 0 Å². The van der Waals surface area contributed by atoms with Gasteiger partial charge in [-0.15, -0.1) is 0 Å². The van der Waals surface area contributed by atoms with Crippen LogP contribution in [0.1, 0.15) is 96.3 Å². The highest BCUT2D eigenvalue weighted by atomic mass is 28.4. The normalized spacial score (nSPS) is 16.4. The lowest BCUT2D eigenvalue weighted by Gasteiger charge is -2.24. The maximum atomic E-state index is 5.57. The Labute approximate surface area is 181 Å². The molecule has 1 fully saturated rings. The van der Waals surface area contributed by atoms with Gasteiger partial charge in [0.25, 0.3) is 0 Å². The van der Waals surface area contributed by atoms with E-state index in [2.05, 4.69) is 0 Å². The largest absolute Gasteiger partial charge is 0.500 e. The molecule has 1 aliphatic heterocycles. The van der Waals surface area contributed by atoms with Crippen LogP contribution in [0.15, 0.2) is 0 Å². The van der Waals surface area contributed by atoms with Crippen LogP contribution in [0.25, 0.3) is 0 Å². The third-order valence-electron chi connectivity index (χ3n) is 5.91. The van der Waals surface area contributed by atoms with Crippen molar-refractivity contribution in [3.63, 3.8) is 0 Å². The molecule has 5 nitrogen and oxygen atoms in total. The minimum absolute atomic E-state index is 0.413. The standard InChI is InChI=1S/C23H48O5Si/c1-24-29(25-2,26-3)20-18-16-14-12-10-8-6-4-5-7-9-11-13-15-17-19-27-21-23-22-28-23/h23H,4-22H2,1-3H3. The minimum Gasteiger partial charge on any atom is -0.379 e. The van der Waals surface area contributed by atoms with Crippen molar-refractivity contribution in [2.45, 2.75) is 108 Å². The quantitative estimate of drug-likeness (QED) is 0.110. The average Bonchev–Trinajstić information content (AvgIpc) is 3.57. The summed E-state index contributed by atoms with van der Waals surface area (Å²) in [5.74, 6) is 0. The molecular formula is C23H48O5Si. The monoisotopic (exact) mass is 432 g/mol. The Morgan fingerprint density at radius 3 is 1.38 bits per heavy atom.